The zero-order valence-corrected chi connectivity index (χ0v) is 11.4. The second kappa shape index (κ2) is 5.74. The summed E-state index contributed by atoms with van der Waals surface area (Å²) in [5.74, 6) is -0.642. The van der Waals surface area contributed by atoms with Crippen molar-refractivity contribution in [1.82, 2.24) is 0 Å². The Morgan fingerprint density at radius 3 is 2.65 bits per heavy atom. The fourth-order valence-electron chi connectivity index (χ4n) is 2.09. The zero-order chi connectivity index (χ0) is 14.7. The number of nitrogens with zero attached hydrogens (tertiary/aromatic N) is 1. The lowest BCUT2D eigenvalue weighted by atomic mass is 10.1. The van der Waals surface area contributed by atoms with E-state index < -0.39 is 5.82 Å². The smallest absolute Gasteiger partial charge is 0.258 e. The molecule has 0 radical (unpaired) electrons. The highest BCUT2D eigenvalue weighted by molar-refractivity contribution is 6.06. The molecule has 0 saturated carbocycles. The molecule has 20 heavy (non-hydrogen) atoms. The SMILES string of the molecule is CCN(C(=O)c1cccc(F)c1)c1cc(O)ccc1C. The summed E-state index contributed by atoms with van der Waals surface area (Å²) in [6, 6.07) is 10.4. The van der Waals surface area contributed by atoms with E-state index in [4.69, 9.17) is 0 Å². The van der Waals surface area contributed by atoms with Crippen LogP contribution in [0.2, 0.25) is 0 Å². The molecule has 0 atom stereocenters. The van der Waals surface area contributed by atoms with Gasteiger partial charge in [0.05, 0.1) is 5.69 Å². The van der Waals surface area contributed by atoms with Crippen LogP contribution in [-0.4, -0.2) is 17.6 Å². The number of aryl methyl sites for hydroxylation is 1. The number of phenols is 1. The summed E-state index contributed by atoms with van der Waals surface area (Å²) in [7, 11) is 0. The Kier molecular flexibility index (Phi) is 4.03. The zero-order valence-electron chi connectivity index (χ0n) is 11.4. The van der Waals surface area contributed by atoms with Crippen LogP contribution in [0.25, 0.3) is 0 Å². The van der Waals surface area contributed by atoms with Gasteiger partial charge in [0, 0.05) is 18.2 Å². The molecule has 2 rings (SSSR count). The van der Waals surface area contributed by atoms with Crippen LogP contribution in [0.1, 0.15) is 22.8 Å². The first-order chi connectivity index (χ1) is 9.52. The van der Waals surface area contributed by atoms with Crippen molar-refractivity contribution in [3.8, 4) is 5.75 Å². The minimum absolute atomic E-state index is 0.0936. The van der Waals surface area contributed by atoms with Crippen molar-refractivity contribution in [2.24, 2.45) is 0 Å². The number of hydrogen-bond acceptors (Lipinski definition) is 2. The lowest BCUT2D eigenvalue weighted by molar-refractivity contribution is 0.0987. The quantitative estimate of drug-likeness (QED) is 0.929. The molecule has 4 heteroatoms. The van der Waals surface area contributed by atoms with E-state index in [2.05, 4.69) is 0 Å². The summed E-state index contributed by atoms with van der Waals surface area (Å²) >= 11 is 0. The van der Waals surface area contributed by atoms with Crippen molar-refractivity contribution in [1.29, 1.82) is 0 Å². The Hall–Kier alpha value is -2.36. The number of hydrogen-bond donors (Lipinski definition) is 1. The van der Waals surface area contributed by atoms with Crippen molar-refractivity contribution in [3.05, 3.63) is 59.4 Å². The molecule has 0 heterocycles. The molecule has 0 aromatic heterocycles. The fourth-order valence-corrected chi connectivity index (χ4v) is 2.09. The normalized spacial score (nSPS) is 10.3. The number of amides is 1. The number of halogens is 1. The predicted molar refractivity (Wildman–Crippen MR) is 76.6 cm³/mol. The molecular weight excluding hydrogens is 257 g/mol. The van der Waals surface area contributed by atoms with Gasteiger partial charge in [-0.3, -0.25) is 4.79 Å². The molecule has 0 spiro atoms. The van der Waals surface area contributed by atoms with Gasteiger partial charge in [-0.15, -0.1) is 0 Å². The van der Waals surface area contributed by atoms with Crippen molar-refractivity contribution in [3.63, 3.8) is 0 Å². The second-order valence-electron chi connectivity index (χ2n) is 4.53. The van der Waals surface area contributed by atoms with Crippen molar-refractivity contribution < 1.29 is 14.3 Å². The van der Waals surface area contributed by atoms with E-state index in [1.807, 2.05) is 13.8 Å². The highest BCUT2D eigenvalue weighted by atomic mass is 19.1. The average molecular weight is 273 g/mol. The van der Waals surface area contributed by atoms with Gasteiger partial charge in [-0.2, -0.15) is 0 Å². The van der Waals surface area contributed by atoms with Gasteiger partial charge < -0.3 is 10.0 Å². The Morgan fingerprint density at radius 2 is 2.00 bits per heavy atom. The minimum atomic E-state index is -0.445. The summed E-state index contributed by atoms with van der Waals surface area (Å²) in [4.78, 5) is 14.0. The molecule has 0 bridgehead atoms. The lowest BCUT2D eigenvalue weighted by Crippen LogP contribution is -2.31. The predicted octanol–water partition coefficient (Wildman–Crippen LogP) is 3.51. The molecule has 0 unspecified atom stereocenters. The third-order valence-electron chi connectivity index (χ3n) is 3.12. The van der Waals surface area contributed by atoms with Gasteiger partial charge in [0.1, 0.15) is 11.6 Å². The number of aromatic hydroxyl groups is 1. The maximum atomic E-state index is 13.2. The third kappa shape index (κ3) is 2.79. The summed E-state index contributed by atoms with van der Waals surface area (Å²) in [6.07, 6.45) is 0. The van der Waals surface area contributed by atoms with Crippen LogP contribution in [0.3, 0.4) is 0 Å². The number of carbonyl (C=O) groups excluding carboxylic acids is 1. The molecule has 104 valence electrons. The van der Waals surface area contributed by atoms with Crippen LogP contribution in [0.15, 0.2) is 42.5 Å². The minimum Gasteiger partial charge on any atom is -0.508 e. The highest BCUT2D eigenvalue weighted by Gasteiger charge is 2.18. The van der Waals surface area contributed by atoms with Gasteiger partial charge >= 0.3 is 0 Å². The Balaban J connectivity index is 2.42. The Labute approximate surface area is 117 Å². The van der Waals surface area contributed by atoms with Crippen LogP contribution in [0.5, 0.6) is 5.75 Å². The summed E-state index contributed by atoms with van der Waals surface area (Å²) in [5, 5.41) is 9.58. The van der Waals surface area contributed by atoms with E-state index >= 15 is 0 Å². The van der Waals surface area contributed by atoms with Crippen LogP contribution >= 0.6 is 0 Å². The number of phenolic OH excluding ortho intramolecular Hbond substituents is 1. The lowest BCUT2D eigenvalue weighted by Gasteiger charge is -2.23. The molecule has 0 aliphatic heterocycles. The second-order valence-corrected chi connectivity index (χ2v) is 4.53. The van der Waals surface area contributed by atoms with Crippen molar-refractivity contribution in [2.75, 3.05) is 11.4 Å². The van der Waals surface area contributed by atoms with Crippen LogP contribution < -0.4 is 4.90 Å². The van der Waals surface area contributed by atoms with Crippen molar-refractivity contribution in [2.45, 2.75) is 13.8 Å². The monoisotopic (exact) mass is 273 g/mol. The van der Waals surface area contributed by atoms with Gasteiger partial charge in [0.15, 0.2) is 0 Å². The molecule has 1 N–H and O–H groups in total. The Bertz CT molecular complexity index is 640. The summed E-state index contributed by atoms with van der Waals surface area (Å²) in [5.41, 5.74) is 1.78. The average Bonchev–Trinajstić information content (AvgIpc) is 2.43. The molecule has 0 saturated heterocycles. The van der Waals surface area contributed by atoms with Crippen molar-refractivity contribution >= 4 is 11.6 Å². The van der Waals surface area contributed by atoms with Gasteiger partial charge in [-0.05, 0) is 43.7 Å². The van der Waals surface area contributed by atoms with Crippen LogP contribution in [-0.2, 0) is 0 Å². The number of anilines is 1. The maximum absolute atomic E-state index is 13.2. The van der Waals surface area contributed by atoms with Gasteiger partial charge in [0.2, 0.25) is 0 Å². The van der Waals surface area contributed by atoms with Gasteiger partial charge in [-0.1, -0.05) is 12.1 Å². The molecule has 0 fully saturated rings. The van der Waals surface area contributed by atoms with E-state index in [1.54, 1.807) is 18.2 Å². The largest absolute Gasteiger partial charge is 0.508 e. The van der Waals surface area contributed by atoms with Gasteiger partial charge in [0.25, 0.3) is 5.91 Å². The fraction of sp³-hybridized carbons (Fsp3) is 0.188. The third-order valence-corrected chi connectivity index (χ3v) is 3.12. The molecule has 3 nitrogen and oxygen atoms in total. The molecule has 2 aromatic carbocycles. The summed E-state index contributed by atoms with van der Waals surface area (Å²) < 4.78 is 13.2. The van der Waals surface area contributed by atoms with Gasteiger partial charge in [-0.25, -0.2) is 4.39 Å². The molecule has 2 aromatic rings. The Morgan fingerprint density at radius 1 is 1.25 bits per heavy atom. The molecular formula is C16H16FNO2. The van der Waals surface area contributed by atoms with Crippen LogP contribution in [0.4, 0.5) is 10.1 Å². The maximum Gasteiger partial charge on any atom is 0.258 e. The van der Waals surface area contributed by atoms with E-state index in [0.29, 0.717) is 12.2 Å². The first-order valence-electron chi connectivity index (χ1n) is 6.40. The number of rotatable bonds is 3. The van der Waals surface area contributed by atoms with E-state index in [9.17, 15) is 14.3 Å². The summed E-state index contributed by atoms with van der Waals surface area (Å²) in [6.45, 7) is 4.12. The van der Waals surface area contributed by atoms with Crippen LogP contribution in [0, 0.1) is 12.7 Å². The number of benzene rings is 2. The first kappa shape index (κ1) is 14.1. The topological polar surface area (TPSA) is 40.5 Å². The highest BCUT2D eigenvalue weighted by Crippen LogP contribution is 2.26. The molecule has 1 amide bonds. The van der Waals surface area contributed by atoms with E-state index in [0.717, 1.165) is 5.56 Å². The standard InChI is InChI=1S/C16H16FNO2/c1-3-18(15-10-14(19)8-7-11(15)2)16(20)12-5-4-6-13(17)9-12/h4-10,19H,3H2,1-2H3. The first-order valence-corrected chi connectivity index (χ1v) is 6.40. The molecule has 0 aliphatic rings. The number of carbonyl (C=O) groups is 1. The molecule has 0 aliphatic carbocycles. The van der Waals surface area contributed by atoms with E-state index in [1.165, 1.54) is 29.2 Å². The van der Waals surface area contributed by atoms with E-state index in [-0.39, 0.29) is 17.2 Å².